The van der Waals surface area contributed by atoms with E-state index in [-0.39, 0.29) is 11.5 Å². The molecule has 0 radical (unpaired) electrons. The number of nitrogen functional groups attached to an aromatic ring is 1. The fourth-order valence-corrected chi connectivity index (χ4v) is 2.90. The number of fused-ring (bicyclic) bond motifs is 1. The van der Waals surface area contributed by atoms with Gasteiger partial charge in [0.05, 0.1) is 17.7 Å². The van der Waals surface area contributed by atoms with Crippen LogP contribution in [-0.2, 0) is 19.2 Å². The first-order valence-corrected chi connectivity index (χ1v) is 8.50. The smallest absolute Gasteiger partial charge is 0.333 e. The highest BCUT2D eigenvalue weighted by Gasteiger charge is 2.45. The van der Waals surface area contributed by atoms with Crippen molar-refractivity contribution in [2.24, 2.45) is 5.14 Å². The van der Waals surface area contributed by atoms with Crippen LogP contribution in [0.15, 0.2) is 12.9 Å². The van der Waals surface area contributed by atoms with Gasteiger partial charge < -0.3 is 20.7 Å². The van der Waals surface area contributed by atoms with Crippen LogP contribution in [0, 0.1) is 0 Å². The van der Waals surface area contributed by atoms with Crippen LogP contribution in [0.3, 0.4) is 0 Å². The third kappa shape index (κ3) is 3.20. The number of hydrogen-bond donors (Lipinski definition) is 4. The molecule has 0 bridgehead atoms. The highest BCUT2D eigenvalue weighted by Crippen LogP contribution is 2.33. The molecule has 12 nitrogen and oxygen atoms in total. The lowest BCUT2D eigenvalue weighted by molar-refractivity contribution is -0.0527. The zero-order valence-corrected chi connectivity index (χ0v) is 13.6. The van der Waals surface area contributed by atoms with E-state index in [1.807, 2.05) is 0 Å². The number of hydrogen-bond acceptors (Lipinski definition) is 10. The fourth-order valence-electron chi connectivity index (χ4n) is 2.57. The molecule has 6 N–H and O–H groups in total. The maximum Gasteiger partial charge on any atom is 0.333 e. The van der Waals surface area contributed by atoms with Gasteiger partial charge in [-0.1, -0.05) is 6.58 Å². The molecule has 1 saturated heterocycles. The lowest BCUT2D eigenvalue weighted by Gasteiger charge is -2.15. The number of ether oxygens (including phenoxy) is 1. The molecule has 2 aromatic heterocycles. The van der Waals surface area contributed by atoms with Crippen LogP contribution >= 0.6 is 0 Å². The molecular formula is C12H16N6O6S. The second-order valence-corrected chi connectivity index (χ2v) is 6.54. The molecule has 2 aromatic rings. The van der Waals surface area contributed by atoms with E-state index in [0.29, 0.717) is 11.1 Å². The van der Waals surface area contributed by atoms with Gasteiger partial charge in [-0.15, -0.1) is 0 Å². The summed E-state index contributed by atoms with van der Waals surface area (Å²) in [5, 5.41) is 29.7. The van der Waals surface area contributed by atoms with Crippen LogP contribution in [0.25, 0.3) is 17.1 Å². The van der Waals surface area contributed by atoms with Gasteiger partial charge in [0, 0.05) is 0 Å². The van der Waals surface area contributed by atoms with Crippen molar-refractivity contribution in [1.82, 2.24) is 19.7 Å². The van der Waals surface area contributed by atoms with Gasteiger partial charge in [-0.2, -0.15) is 13.5 Å². The molecule has 3 heterocycles. The van der Waals surface area contributed by atoms with Crippen molar-refractivity contribution in [3.05, 3.63) is 18.6 Å². The van der Waals surface area contributed by atoms with E-state index in [1.165, 1.54) is 17.1 Å². The molecular weight excluding hydrogens is 356 g/mol. The lowest BCUT2D eigenvalue weighted by Crippen LogP contribution is -2.35. The molecule has 3 rings (SSSR count). The Bertz CT molecular complexity index is 914. The minimum atomic E-state index is -4.22. The van der Waals surface area contributed by atoms with Gasteiger partial charge in [0.15, 0.2) is 11.9 Å². The Hall–Kier alpha value is -2.16. The van der Waals surface area contributed by atoms with E-state index in [9.17, 15) is 18.6 Å². The van der Waals surface area contributed by atoms with Crippen LogP contribution in [0.5, 0.6) is 0 Å². The molecule has 0 aliphatic carbocycles. The molecule has 0 aromatic carbocycles. The zero-order valence-electron chi connectivity index (χ0n) is 12.8. The largest absolute Gasteiger partial charge is 0.387 e. The number of nitrogens with two attached hydrogens (primary N) is 2. The van der Waals surface area contributed by atoms with Crippen molar-refractivity contribution in [2.45, 2.75) is 24.5 Å². The van der Waals surface area contributed by atoms with E-state index in [0.717, 1.165) is 0 Å². The molecule has 1 fully saturated rings. The summed E-state index contributed by atoms with van der Waals surface area (Å²) in [6, 6.07) is 0. The second kappa shape index (κ2) is 6.29. The summed E-state index contributed by atoms with van der Waals surface area (Å²) in [6.45, 7) is 3.06. The maximum atomic E-state index is 10.9. The Kier molecular flexibility index (Phi) is 4.44. The molecule has 0 spiro atoms. The van der Waals surface area contributed by atoms with Crippen molar-refractivity contribution >= 4 is 33.2 Å². The molecule has 0 saturated carbocycles. The first kappa shape index (κ1) is 17.7. The van der Waals surface area contributed by atoms with Crippen molar-refractivity contribution in [3.63, 3.8) is 0 Å². The van der Waals surface area contributed by atoms with Gasteiger partial charge in [0.1, 0.15) is 30.5 Å². The molecule has 4 atom stereocenters. The molecule has 25 heavy (non-hydrogen) atoms. The van der Waals surface area contributed by atoms with Crippen LogP contribution in [0.4, 0.5) is 5.82 Å². The summed E-state index contributed by atoms with van der Waals surface area (Å²) in [7, 11) is -4.22. The van der Waals surface area contributed by atoms with Crippen LogP contribution in [-0.4, -0.2) is 63.3 Å². The van der Waals surface area contributed by atoms with E-state index in [4.69, 9.17) is 15.6 Å². The average Bonchev–Trinajstić information content (AvgIpc) is 3.05. The maximum absolute atomic E-state index is 10.9. The minimum Gasteiger partial charge on any atom is -0.387 e. The summed E-state index contributed by atoms with van der Waals surface area (Å²) in [4.78, 5) is 7.94. The van der Waals surface area contributed by atoms with Gasteiger partial charge in [-0.05, 0) is 6.08 Å². The Balaban J connectivity index is 1.96. The number of nitrogens with zero attached hydrogens (tertiary/aromatic N) is 4. The summed E-state index contributed by atoms with van der Waals surface area (Å²) < 4.78 is 32.9. The standard InChI is InChI=1S/C12H16N6O6S/c1-2-5-7-10(13)15-4-16-11(7)18(17-5)12-9(20)8(19)6(24-12)3-23-25(14,21)22/h2,4,6,8-9,12,19-20H,1,3H2,(H2,13,15,16)(H2,14,21,22)/t6-,8-,9-,12-/m1/s1. The van der Waals surface area contributed by atoms with Crippen LogP contribution in [0.2, 0.25) is 0 Å². The predicted molar refractivity (Wildman–Crippen MR) is 84.8 cm³/mol. The molecule has 0 unspecified atom stereocenters. The topological polar surface area (TPSA) is 189 Å². The highest BCUT2D eigenvalue weighted by molar-refractivity contribution is 7.84. The van der Waals surface area contributed by atoms with Crippen molar-refractivity contribution in [3.8, 4) is 0 Å². The second-order valence-electron chi connectivity index (χ2n) is 5.32. The first-order valence-electron chi connectivity index (χ1n) is 7.03. The average molecular weight is 372 g/mol. The van der Waals surface area contributed by atoms with Gasteiger partial charge in [0.2, 0.25) is 0 Å². The normalized spacial score (nSPS) is 27.0. The molecule has 13 heteroatoms. The number of aromatic nitrogens is 4. The first-order chi connectivity index (χ1) is 11.7. The number of aliphatic hydroxyl groups is 2. The van der Waals surface area contributed by atoms with Crippen molar-refractivity contribution < 1.29 is 27.6 Å². The monoisotopic (exact) mass is 372 g/mol. The van der Waals surface area contributed by atoms with Gasteiger partial charge in [-0.3, -0.25) is 4.18 Å². The Labute approximate surface area is 141 Å². The van der Waals surface area contributed by atoms with Crippen molar-refractivity contribution in [2.75, 3.05) is 12.3 Å². The van der Waals surface area contributed by atoms with E-state index >= 15 is 0 Å². The van der Waals surface area contributed by atoms with E-state index in [2.05, 4.69) is 25.8 Å². The minimum absolute atomic E-state index is 0.160. The zero-order chi connectivity index (χ0) is 18.4. The Morgan fingerprint density at radius 3 is 2.76 bits per heavy atom. The number of aliphatic hydroxyl groups excluding tert-OH is 2. The van der Waals surface area contributed by atoms with Gasteiger partial charge in [-0.25, -0.2) is 19.8 Å². The third-order valence-electron chi connectivity index (χ3n) is 3.71. The molecule has 136 valence electrons. The molecule has 1 aliphatic rings. The quantitative estimate of drug-likeness (QED) is 0.452. The van der Waals surface area contributed by atoms with E-state index < -0.39 is 41.5 Å². The summed E-state index contributed by atoms with van der Waals surface area (Å²) in [5.41, 5.74) is 6.44. The van der Waals surface area contributed by atoms with Crippen molar-refractivity contribution in [1.29, 1.82) is 0 Å². The highest BCUT2D eigenvalue weighted by atomic mass is 32.2. The lowest BCUT2D eigenvalue weighted by atomic mass is 10.1. The molecule has 0 amide bonds. The molecule has 1 aliphatic heterocycles. The summed E-state index contributed by atoms with van der Waals surface area (Å²) in [6.07, 6.45) is -2.53. The van der Waals surface area contributed by atoms with Gasteiger partial charge >= 0.3 is 10.3 Å². The van der Waals surface area contributed by atoms with Gasteiger partial charge in [0.25, 0.3) is 0 Å². The Morgan fingerprint density at radius 2 is 2.12 bits per heavy atom. The summed E-state index contributed by atoms with van der Waals surface area (Å²) in [5.74, 6) is 0.160. The number of anilines is 1. The van der Waals surface area contributed by atoms with E-state index in [1.54, 1.807) is 0 Å². The fraction of sp³-hybridized carbons (Fsp3) is 0.417. The predicted octanol–water partition coefficient (Wildman–Crippen LogP) is -2.11. The number of rotatable bonds is 5. The van der Waals surface area contributed by atoms with Crippen LogP contribution in [0.1, 0.15) is 11.9 Å². The SMILES string of the molecule is C=Cc1nn([C@@H]2O[C@H](COS(N)(=O)=O)[C@@H](O)[C@H]2O)c2ncnc(N)c12. The van der Waals surface area contributed by atoms with Crippen LogP contribution < -0.4 is 10.9 Å². The Morgan fingerprint density at radius 1 is 1.40 bits per heavy atom. The summed E-state index contributed by atoms with van der Waals surface area (Å²) >= 11 is 0. The third-order valence-corrected chi connectivity index (χ3v) is 4.18.